The van der Waals surface area contributed by atoms with Gasteiger partial charge in [0.1, 0.15) is 5.75 Å². The number of hydrogen-bond donors (Lipinski definition) is 1. The van der Waals surface area contributed by atoms with Crippen molar-refractivity contribution in [1.29, 1.82) is 0 Å². The van der Waals surface area contributed by atoms with Crippen molar-refractivity contribution in [2.24, 2.45) is 7.05 Å². The largest absolute Gasteiger partial charge is 0.482 e. The average molecular weight is 352 g/mol. The van der Waals surface area contributed by atoms with Crippen LogP contribution in [0.4, 0.5) is 0 Å². The number of benzene rings is 1. The first-order valence-electron chi connectivity index (χ1n) is 7.17. The fraction of sp³-hybridized carbons (Fsp3) is 0.312. The summed E-state index contributed by atoms with van der Waals surface area (Å²) in [7, 11) is 3.39. The number of aliphatic carboxylic acids is 1. The summed E-state index contributed by atoms with van der Waals surface area (Å²) in [5.41, 5.74) is 1.83. The molecule has 0 aliphatic rings. The van der Waals surface area contributed by atoms with Gasteiger partial charge in [-0.1, -0.05) is 23.7 Å². The van der Waals surface area contributed by atoms with Crippen molar-refractivity contribution in [3.8, 4) is 5.75 Å². The Morgan fingerprint density at radius 2 is 1.96 bits per heavy atom. The quantitative estimate of drug-likeness (QED) is 0.861. The van der Waals surface area contributed by atoms with E-state index < -0.39 is 12.6 Å². The van der Waals surface area contributed by atoms with Gasteiger partial charge in [0.05, 0.1) is 10.7 Å². The van der Waals surface area contributed by atoms with Crippen LogP contribution >= 0.6 is 11.6 Å². The Kier molecular flexibility index (Phi) is 5.46. The molecule has 0 aliphatic carbocycles. The van der Waals surface area contributed by atoms with Gasteiger partial charge in [0.25, 0.3) is 5.91 Å². The van der Waals surface area contributed by atoms with Gasteiger partial charge in [-0.15, -0.1) is 0 Å². The Morgan fingerprint density at radius 3 is 2.46 bits per heavy atom. The standard InChI is InChI=1S/C16H18ClN3O4/c1-10-14(17)15(18-20(10)3)16(23)19(2)8-11-4-6-12(7-5-11)24-9-13(21)22/h4-7H,8-9H2,1-3H3,(H,21,22). The molecule has 0 atom stereocenters. The zero-order chi connectivity index (χ0) is 17.9. The lowest BCUT2D eigenvalue weighted by Crippen LogP contribution is -2.27. The monoisotopic (exact) mass is 351 g/mol. The van der Waals surface area contributed by atoms with Gasteiger partial charge in [-0.25, -0.2) is 4.79 Å². The Bertz CT molecular complexity index is 755. The van der Waals surface area contributed by atoms with Gasteiger partial charge in [0.2, 0.25) is 0 Å². The highest BCUT2D eigenvalue weighted by molar-refractivity contribution is 6.34. The first kappa shape index (κ1) is 17.8. The number of halogens is 1. The Morgan fingerprint density at radius 1 is 1.33 bits per heavy atom. The molecule has 1 amide bonds. The van der Waals surface area contributed by atoms with Crippen molar-refractivity contribution < 1.29 is 19.4 Å². The van der Waals surface area contributed by atoms with Crippen molar-refractivity contribution in [1.82, 2.24) is 14.7 Å². The maximum absolute atomic E-state index is 12.5. The Labute approximate surface area is 144 Å². The summed E-state index contributed by atoms with van der Waals surface area (Å²) in [6.45, 7) is 1.77. The third kappa shape index (κ3) is 4.05. The van der Waals surface area contributed by atoms with Crippen LogP contribution in [-0.2, 0) is 18.4 Å². The molecule has 0 saturated heterocycles. The predicted octanol–water partition coefficient (Wildman–Crippen LogP) is 2.12. The number of hydrogen-bond acceptors (Lipinski definition) is 4. The molecular weight excluding hydrogens is 334 g/mol. The van der Waals surface area contributed by atoms with Crippen LogP contribution < -0.4 is 4.74 Å². The van der Waals surface area contributed by atoms with Crippen molar-refractivity contribution in [3.63, 3.8) is 0 Å². The summed E-state index contributed by atoms with van der Waals surface area (Å²) < 4.78 is 6.63. The minimum absolute atomic E-state index is 0.223. The van der Waals surface area contributed by atoms with Crippen LogP contribution in [0.1, 0.15) is 21.7 Å². The lowest BCUT2D eigenvalue weighted by atomic mass is 10.2. The molecule has 1 N–H and O–H groups in total. The average Bonchev–Trinajstić information content (AvgIpc) is 2.81. The van der Waals surface area contributed by atoms with E-state index in [1.807, 2.05) is 0 Å². The molecule has 7 nitrogen and oxygen atoms in total. The number of carboxylic acids is 1. The van der Waals surface area contributed by atoms with Crippen molar-refractivity contribution in [3.05, 3.63) is 46.2 Å². The lowest BCUT2D eigenvalue weighted by Gasteiger charge is -2.16. The minimum Gasteiger partial charge on any atom is -0.482 e. The topological polar surface area (TPSA) is 84.7 Å². The second-order valence-electron chi connectivity index (χ2n) is 5.36. The smallest absolute Gasteiger partial charge is 0.341 e. The molecule has 1 aromatic heterocycles. The molecule has 0 saturated carbocycles. The van der Waals surface area contributed by atoms with Crippen LogP contribution in [0, 0.1) is 6.92 Å². The highest BCUT2D eigenvalue weighted by atomic mass is 35.5. The van der Waals surface area contributed by atoms with E-state index in [-0.39, 0.29) is 11.6 Å². The zero-order valence-corrected chi connectivity index (χ0v) is 14.4. The van der Waals surface area contributed by atoms with E-state index in [1.165, 1.54) is 4.90 Å². The Balaban J connectivity index is 2.03. The predicted molar refractivity (Wildman–Crippen MR) is 88.3 cm³/mol. The van der Waals surface area contributed by atoms with E-state index in [0.29, 0.717) is 17.3 Å². The second-order valence-corrected chi connectivity index (χ2v) is 5.74. The van der Waals surface area contributed by atoms with Gasteiger partial charge >= 0.3 is 5.97 Å². The molecule has 1 aromatic carbocycles. The summed E-state index contributed by atoms with van der Waals surface area (Å²) >= 11 is 6.14. The molecule has 0 radical (unpaired) electrons. The van der Waals surface area contributed by atoms with Gasteiger partial charge in [0.15, 0.2) is 12.3 Å². The zero-order valence-electron chi connectivity index (χ0n) is 13.6. The van der Waals surface area contributed by atoms with Crippen molar-refractivity contribution in [2.45, 2.75) is 13.5 Å². The summed E-state index contributed by atoms with van der Waals surface area (Å²) in [6.07, 6.45) is 0. The molecular formula is C16H18ClN3O4. The van der Waals surface area contributed by atoms with Crippen LogP contribution in [0.5, 0.6) is 5.75 Å². The van der Waals surface area contributed by atoms with Crippen molar-refractivity contribution in [2.75, 3.05) is 13.7 Å². The maximum atomic E-state index is 12.5. The lowest BCUT2D eigenvalue weighted by molar-refractivity contribution is -0.139. The molecule has 0 aliphatic heterocycles. The fourth-order valence-corrected chi connectivity index (χ4v) is 2.32. The van der Waals surface area contributed by atoms with Gasteiger partial charge in [-0.3, -0.25) is 9.48 Å². The van der Waals surface area contributed by atoms with Crippen LogP contribution in [0.15, 0.2) is 24.3 Å². The van der Waals surface area contributed by atoms with Crippen molar-refractivity contribution >= 4 is 23.5 Å². The Hall–Kier alpha value is -2.54. The maximum Gasteiger partial charge on any atom is 0.341 e. The third-order valence-corrected chi connectivity index (χ3v) is 3.97. The number of carbonyl (C=O) groups is 2. The van der Waals surface area contributed by atoms with Crippen LogP contribution in [0.3, 0.4) is 0 Å². The summed E-state index contributed by atoms with van der Waals surface area (Å²) in [5, 5.41) is 13.1. The molecule has 2 rings (SSSR count). The number of carbonyl (C=O) groups excluding carboxylic acids is 1. The molecule has 1 heterocycles. The van der Waals surface area contributed by atoms with Gasteiger partial charge in [-0.05, 0) is 24.6 Å². The van der Waals surface area contributed by atoms with E-state index in [9.17, 15) is 9.59 Å². The van der Waals surface area contributed by atoms with Gasteiger partial charge in [-0.2, -0.15) is 5.10 Å². The number of aromatic nitrogens is 2. The first-order chi connectivity index (χ1) is 11.3. The third-order valence-electron chi connectivity index (χ3n) is 3.52. The normalized spacial score (nSPS) is 10.5. The number of rotatable bonds is 6. The van der Waals surface area contributed by atoms with E-state index in [4.69, 9.17) is 21.4 Å². The summed E-state index contributed by atoms with van der Waals surface area (Å²) in [5.74, 6) is -0.847. The first-order valence-corrected chi connectivity index (χ1v) is 7.55. The van der Waals surface area contributed by atoms with E-state index in [0.717, 1.165) is 11.3 Å². The molecule has 128 valence electrons. The number of amides is 1. The van der Waals surface area contributed by atoms with E-state index in [2.05, 4.69) is 5.10 Å². The van der Waals surface area contributed by atoms with Crippen LogP contribution in [0.25, 0.3) is 0 Å². The SMILES string of the molecule is Cc1c(Cl)c(C(=O)N(C)Cc2ccc(OCC(=O)O)cc2)nn1C. The molecule has 0 spiro atoms. The molecule has 0 bridgehead atoms. The molecule has 0 fully saturated rings. The second kappa shape index (κ2) is 7.35. The van der Waals surface area contributed by atoms with Gasteiger partial charge < -0.3 is 14.7 Å². The summed E-state index contributed by atoms with van der Waals surface area (Å²) in [4.78, 5) is 24.4. The summed E-state index contributed by atoms with van der Waals surface area (Å²) in [6, 6.07) is 6.86. The van der Waals surface area contributed by atoms with Crippen LogP contribution in [-0.4, -0.2) is 45.3 Å². The van der Waals surface area contributed by atoms with Crippen LogP contribution in [0.2, 0.25) is 5.02 Å². The molecule has 2 aromatic rings. The highest BCUT2D eigenvalue weighted by Gasteiger charge is 2.21. The highest BCUT2D eigenvalue weighted by Crippen LogP contribution is 2.21. The van der Waals surface area contributed by atoms with Gasteiger partial charge in [0, 0.05) is 20.6 Å². The molecule has 0 unspecified atom stereocenters. The van der Waals surface area contributed by atoms with E-state index >= 15 is 0 Å². The van der Waals surface area contributed by atoms with E-state index in [1.54, 1.807) is 50.0 Å². The minimum atomic E-state index is -1.04. The molecule has 24 heavy (non-hydrogen) atoms. The number of nitrogens with zero attached hydrogens (tertiary/aromatic N) is 3. The fourth-order valence-electron chi connectivity index (χ4n) is 2.08. The number of aryl methyl sites for hydroxylation is 1. The number of carboxylic acid groups (broad SMARTS) is 1. The molecule has 8 heteroatoms. The number of ether oxygens (including phenoxy) is 1.